The van der Waals surface area contributed by atoms with E-state index in [1.165, 1.54) is 0 Å². The minimum absolute atomic E-state index is 0.114. The molecule has 2 heterocycles. The van der Waals surface area contributed by atoms with Gasteiger partial charge in [0.2, 0.25) is 0 Å². The average Bonchev–Trinajstić information content (AvgIpc) is 3.07. The summed E-state index contributed by atoms with van der Waals surface area (Å²) in [7, 11) is 0. The maximum Gasteiger partial charge on any atom is 0.253 e. The lowest BCUT2D eigenvalue weighted by Gasteiger charge is -2.34. The van der Waals surface area contributed by atoms with Gasteiger partial charge in [-0.2, -0.15) is 0 Å². The Hall–Kier alpha value is -2.28. The third-order valence-electron chi connectivity index (χ3n) is 4.37. The second kappa shape index (κ2) is 8.01. The van der Waals surface area contributed by atoms with Gasteiger partial charge < -0.3 is 4.90 Å². The number of unbranched alkanes of at least 4 members (excludes halogenated alkanes) is 1. The molecule has 0 aliphatic carbocycles. The Balaban J connectivity index is 1.52. The molecule has 1 aromatic carbocycles. The van der Waals surface area contributed by atoms with Crippen molar-refractivity contribution in [1.29, 1.82) is 0 Å². The van der Waals surface area contributed by atoms with Gasteiger partial charge >= 0.3 is 0 Å². The molecular weight excluding hydrogens is 304 g/mol. The molecule has 7 heteroatoms. The molecule has 0 N–H and O–H groups in total. The molecule has 0 bridgehead atoms. The van der Waals surface area contributed by atoms with Crippen LogP contribution in [-0.2, 0) is 13.1 Å². The van der Waals surface area contributed by atoms with Crippen molar-refractivity contribution in [3.8, 4) is 0 Å². The molecule has 24 heavy (non-hydrogen) atoms. The van der Waals surface area contributed by atoms with Crippen LogP contribution in [0.15, 0.2) is 30.3 Å². The Morgan fingerprint density at radius 3 is 2.58 bits per heavy atom. The number of hydrogen-bond donors (Lipinski definition) is 0. The van der Waals surface area contributed by atoms with Gasteiger partial charge in [0.25, 0.3) is 5.91 Å². The number of piperazine rings is 1. The van der Waals surface area contributed by atoms with Crippen LogP contribution < -0.4 is 0 Å². The van der Waals surface area contributed by atoms with Crippen LogP contribution in [0.5, 0.6) is 0 Å². The average molecular weight is 328 g/mol. The zero-order valence-electron chi connectivity index (χ0n) is 14.1. The zero-order chi connectivity index (χ0) is 16.8. The van der Waals surface area contributed by atoms with Crippen molar-refractivity contribution in [2.75, 3.05) is 26.2 Å². The molecule has 128 valence electrons. The van der Waals surface area contributed by atoms with Gasteiger partial charge in [-0.05, 0) is 29.0 Å². The topological polar surface area (TPSA) is 67.2 Å². The Labute approximate surface area is 142 Å². The Kier molecular flexibility index (Phi) is 5.53. The van der Waals surface area contributed by atoms with Crippen LogP contribution in [0, 0.1) is 0 Å². The van der Waals surface area contributed by atoms with Crippen LogP contribution in [0.4, 0.5) is 0 Å². The van der Waals surface area contributed by atoms with Crippen LogP contribution >= 0.6 is 0 Å². The molecular formula is C17H24N6O. The Morgan fingerprint density at radius 1 is 1.12 bits per heavy atom. The van der Waals surface area contributed by atoms with E-state index < -0.39 is 0 Å². The number of aromatic nitrogens is 4. The lowest BCUT2D eigenvalue weighted by molar-refractivity contribution is 0.0623. The monoisotopic (exact) mass is 328 g/mol. The van der Waals surface area contributed by atoms with Crippen LogP contribution in [0.2, 0.25) is 0 Å². The van der Waals surface area contributed by atoms with Crippen molar-refractivity contribution >= 4 is 5.91 Å². The number of benzene rings is 1. The predicted molar refractivity (Wildman–Crippen MR) is 90.3 cm³/mol. The maximum absolute atomic E-state index is 12.5. The minimum atomic E-state index is 0.114. The van der Waals surface area contributed by atoms with Gasteiger partial charge in [0.1, 0.15) is 0 Å². The first-order chi connectivity index (χ1) is 11.8. The highest BCUT2D eigenvalue weighted by Gasteiger charge is 2.23. The molecule has 1 aromatic heterocycles. The van der Waals surface area contributed by atoms with E-state index in [2.05, 4.69) is 27.3 Å². The Bertz CT molecular complexity index is 648. The molecule has 7 nitrogen and oxygen atoms in total. The second-order valence-electron chi connectivity index (χ2n) is 6.11. The molecule has 1 saturated heterocycles. The van der Waals surface area contributed by atoms with Crippen molar-refractivity contribution in [3.63, 3.8) is 0 Å². The van der Waals surface area contributed by atoms with E-state index in [9.17, 15) is 4.79 Å². The number of rotatable bonds is 6. The summed E-state index contributed by atoms with van der Waals surface area (Å²) in [4.78, 5) is 16.7. The van der Waals surface area contributed by atoms with Gasteiger partial charge in [-0.1, -0.05) is 31.5 Å². The first kappa shape index (κ1) is 16.6. The normalized spacial score (nSPS) is 15.6. The third-order valence-corrected chi connectivity index (χ3v) is 4.37. The molecule has 0 spiro atoms. The molecule has 2 aromatic rings. The summed E-state index contributed by atoms with van der Waals surface area (Å²) in [6, 6.07) is 9.48. The van der Waals surface area contributed by atoms with Crippen molar-refractivity contribution in [1.82, 2.24) is 30.0 Å². The summed E-state index contributed by atoms with van der Waals surface area (Å²) in [5, 5.41) is 12.0. The highest BCUT2D eigenvalue weighted by Crippen LogP contribution is 2.10. The fourth-order valence-electron chi connectivity index (χ4n) is 2.89. The van der Waals surface area contributed by atoms with Crippen LogP contribution in [0.1, 0.15) is 35.9 Å². The zero-order valence-corrected chi connectivity index (χ0v) is 14.1. The molecule has 1 fully saturated rings. The number of carbonyl (C=O) groups is 1. The number of tetrazole rings is 1. The van der Waals surface area contributed by atoms with Gasteiger partial charge in [0.15, 0.2) is 5.82 Å². The van der Waals surface area contributed by atoms with Crippen molar-refractivity contribution < 1.29 is 4.79 Å². The van der Waals surface area contributed by atoms with E-state index in [-0.39, 0.29) is 5.91 Å². The number of carbonyl (C=O) groups excluding carboxylic acids is 1. The summed E-state index contributed by atoms with van der Waals surface area (Å²) < 4.78 is 1.89. The highest BCUT2D eigenvalue weighted by atomic mass is 16.2. The first-order valence-electron chi connectivity index (χ1n) is 8.59. The van der Waals surface area contributed by atoms with Gasteiger partial charge in [-0.25, -0.2) is 4.68 Å². The standard InChI is InChI=1S/C17H24N6O/c1-2-3-9-23-16(18-19-20-23)14-21-10-12-22(13-11-21)17(24)15-7-5-4-6-8-15/h4-8H,2-3,9-14H2,1H3. The fourth-order valence-corrected chi connectivity index (χ4v) is 2.89. The Morgan fingerprint density at radius 2 is 1.88 bits per heavy atom. The van der Waals surface area contributed by atoms with E-state index in [4.69, 9.17) is 0 Å². The molecule has 1 aliphatic heterocycles. The van der Waals surface area contributed by atoms with E-state index in [0.29, 0.717) is 0 Å². The highest BCUT2D eigenvalue weighted by molar-refractivity contribution is 5.94. The number of hydrogen-bond acceptors (Lipinski definition) is 5. The molecule has 3 rings (SSSR count). The smallest absolute Gasteiger partial charge is 0.253 e. The van der Waals surface area contributed by atoms with Crippen LogP contribution in [0.25, 0.3) is 0 Å². The van der Waals surface area contributed by atoms with E-state index in [1.54, 1.807) is 0 Å². The molecule has 0 unspecified atom stereocenters. The summed E-state index contributed by atoms with van der Waals surface area (Å²) in [6.07, 6.45) is 2.21. The lowest BCUT2D eigenvalue weighted by atomic mass is 10.2. The van der Waals surface area contributed by atoms with Crippen molar-refractivity contribution in [2.24, 2.45) is 0 Å². The molecule has 0 radical (unpaired) electrons. The van der Waals surface area contributed by atoms with Crippen LogP contribution in [-0.4, -0.2) is 62.1 Å². The van der Waals surface area contributed by atoms with Crippen molar-refractivity contribution in [3.05, 3.63) is 41.7 Å². The SMILES string of the molecule is CCCCn1nnnc1CN1CCN(C(=O)c2ccccc2)CC1. The summed E-state index contributed by atoms with van der Waals surface area (Å²) in [5.41, 5.74) is 0.759. The number of aryl methyl sites for hydroxylation is 1. The van der Waals surface area contributed by atoms with Gasteiger partial charge in [0, 0.05) is 38.3 Å². The maximum atomic E-state index is 12.5. The van der Waals surface area contributed by atoms with Crippen molar-refractivity contribution in [2.45, 2.75) is 32.9 Å². The third kappa shape index (κ3) is 3.97. The molecule has 0 saturated carbocycles. The summed E-state index contributed by atoms with van der Waals surface area (Å²) in [5.74, 6) is 1.02. The lowest BCUT2D eigenvalue weighted by Crippen LogP contribution is -2.48. The van der Waals surface area contributed by atoms with Gasteiger partial charge in [-0.15, -0.1) is 5.10 Å². The summed E-state index contributed by atoms with van der Waals surface area (Å²) >= 11 is 0. The van der Waals surface area contributed by atoms with E-state index in [1.807, 2.05) is 39.9 Å². The van der Waals surface area contributed by atoms with Gasteiger partial charge in [-0.3, -0.25) is 9.69 Å². The first-order valence-corrected chi connectivity index (χ1v) is 8.59. The quantitative estimate of drug-likeness (QED) is 0.802. The molecule has 1 aliphatic rings. The minimum Gasteiger partial charge on any atom is -0.336 e. The largest absolute Gasteiger partial charge is 0.336 e. The van der Waals surface area contributed by atoms with Gasteiger partial charge in [0.05, 0.1) is 6.54 Å². The number of amides is 1. The van der Waals surface area contributed by atoms with E-state index >= 15 is 0 Å². The van der Waals surface area contributed by atoms with E-state index in [0.717, 1.165) is 63.5 Å². The molecule has 0 atom stereocenters. The fraction of sp³-hybridized carbons (Fsp3) is 0.529. The molecule has 1 amide bonds. The van der Waals surface area contributed by atoms with Crippen LogP contribution in [0.3, 0.4) is 0 Å². The summed E-state index contributed by atoms with van der Waals surface area (Å²) in [6.45, 7) is 6.94. The number of nitrogens with zero attached hydrogens (tertiary/aromatic N) is 6. The second-order valence-corrected chi connectivity index (χ2v) is 6.11. The predicted octanol–water partition coefficient (Wildman–Crippen LogP) is 1.43.